The Hall–Kier alpha value is -3.06. The standard InChI is InChI=1S/C22H25N3O4/c26-21-17-8-1-2-9-18(17)23-19-10-3-4-11-20(19)25(21)14-6-13-24-12-5-7-16(15-24)29-22(27)28/h1-4,8-11,16,23H,5-7,12-15H2,(H,27,28)/t16-/m1/s1. The Bertz CT molecular complexity index is 901. The number of likely N-dealkylation sites (tertiary alicyclic amines) is 1. The van der Waals surface area contributed by atoms with Crippen LogP contribution in [0.2, 0.25) is 0 Å². The Labute approximate surface area is 169 Å². The van der Waals surface area contributed by atoms with E-state index in [1.807, 2.05) is 53.4 Å². The van der Waals surface area contributed by atoms with Gasteiger partial charge < -0.3 is 20.1 Å². The van der Waals surface area contributed by atoms with Gasteiger partial charge in [-0.3, -0.25) is 9.69 Å². The summed E-state index contributed by atoms with van der Waals surface area (Å²) >= 11 is 0. The van der Waals surface area contributed by atoms with Gasteiger partial charge in [0.25, 0.3) is 5.91 Å². The molecule has 29 heavy (non-hydrogen) atoms. The quantitative estimate of drug-likeness (QED) is 0.747. The molecule has 0 aliphatic carbocycles. The fraction of sp³-hybridized carbons (Fsp3) is 0.364. The first kappa shape index (κ1) is 19.3. The number of carboxylic acid groups (broad SMARTS) is 1. The molecule has 2 heterocycles. The van der Waals surface area contributed by atoms with E-state index < -0.39 is 6.16 Å². The molecule has 2 aromatic rings. The number of amides is 1. The Balaban J connectivity index is 1.45. The molecular weight excluding hydrogens is 370 g/mol. The predicted octanol–water partition coefficient (Wildman–Crippen LogP) is 3.94. The van der Waals surface area contributed by atoms with E-state index in [4.69, 9.17) is 9.84 Å². The minimum atomic E-state index is -1.21. The number of anilines is 3. The molecule has 0 bridgehead atoms. The smallest absolute Gasteiger partial charge is 0.450 e. The van der Waals surface area contributed by atoms with Crippen LogP contribution in [0.5, 0.6) is 0 Å². The summed E-state index contributed by atoms with van der Waals surface area (Å²) in [6.07, 6.45) is 0.999. The number of benzene rings is 2. The molecule has 0 radical (unpaired) electrons. The van der Waals surface area contributed by atoms with Crippen molar-refractivity contribution in [3.05, 3.63) is 54.1 Å². The monoisotopic (exact) mass is 395 g/mol. The molecule has 152 valence electrons. The third kappa shape index (κ3) is 4.35. The molecule has 0 saturated carbocycles. The first-order valence-electron chi connectivity index (χ1n) is 10.0. The van der Waals surface area contributed by atoms with Crippen molar-refractivity contribution in [2.75, 3.05) is 36.4 Å². The number of para-hydroxylation sites is 3. The molecule has 0 unspecified atom stereocenters. The molecule has 1 amide bonds. The van der Waals surface area contributed by atoms with Gasteiger partial charge in [-0.2, -0.15) is 0 Å². The number of fused-ring (bicyclic) bond motifs is 2. The van der Waals surface area contributed by atoms with Crippen LogP contribution in [0, 0.1) is 0 Å². The maximum atomic E-state index is 13.2. The maximum Gasteiger partial charge on any atom is 0.506 e. The number of carbonyl (C=O) groups is 2. The van der Waals surface area contributed by atoms with Gasteiger partial charge in [0.2, 0.25) is 0 Å². The van der Waals surface area contributed by atoms with E-state index in [9.17, 15) is 9.59 Å². The van der Waals surface area contributed by atoms with E-state index in [-0.39, 0.29) is 12.0 Å². The lowest BCUT2D eigenvalue weighted by Gasteiger charge is -2.32. The fourth-order valence-electron chi connectivity index (χ4n) is 4.12. The number of nitrogens with one attached hydrogen (secondary N) is 1. The number of rotatable bonds is 5. The highest BCUT2D eigenvalue weighted by atomic mass is 16.7. The second-order valence-corrected chi connectivity index (χ2v) is 7.45. The van der Waals surface area contributed by atoms with Crippen molar-refractivity contribution < 1.29 is 19.4 Å². The highest BCUT2D eigenvalue weighted by molar-refractivity contribution is 6.13. The lowest BCUT2D eigenvalue weighted by atomic mass is 10.1. The van der Waals surface area contributed by atoms with Crippen LogP contribution in [0.4, 0.5) is 21.9 Å². The van der Waals surface area contributed by atoms with Crippen molar-refractivity contribution >= 4 is 29.1 Å². The van der Waals surface area contributed by atoms with Crippen LogP contribution >= 0.6 is 0 Å². The first-order chi connectivity index (χ1) is 14.1. The average molecular weight is 395 g/mol. The van der Waals surface area contributed by atoms with Crippen molar-refractivity contribution in [3.8, 4) is 0 Å². The number of ether oxygens (including phenoxy) is 1. The number of nitrogens with zero attached hydrogens (tertiary/aromatic N) is 2. The number of hydrogen-bond acceptors (Lipinski definition) is 5. The lowest BCUT2D eigenvalue weighted by molar-refractivity contribution is 0.0134. The van der Waals surface area contributed by atoms with Gasteiger partial charge in [0.05, 0.1) is 22.6 Å². The van der Waals surface area contributed by atoms with Crippen LogP contribution in [0.15, 0.2) is 48.5 Å². The maximum absolute atomic E-state index is 13.2. The Morgan fingerprint density at radius 3 is 2.69 bits per heavy atom. The summed E-state index contributed by atoms with van der Waals surface area (Å²) < 4.78 is 4.94. The molecule has 2 aliphatic rings. The molecule has 1 fully saturated rings. The molecule has 7 heteroatoms. The highest BCUT2D eigenvalue weighted by Crippen LogP contribution is 2.35. The summed E-state index contributed by atoms with van der Waals surface area (Å²) in [7, 11) is 0. The number of hydrogen-bond donors (Lipinski definition) is 2. The van der Waals surface area contributed by atoms with Crippen LogP contribution < -0.4 is 10.2 Å². The minimum absolute atomic E-state index is 0.0104. The van der Waals surface area contributed by atoms with Gasteiger partial charge in [0.1, 0.15) is 6.10 Å². The zero-order valence-corrected chi connectivity index (χ0v) is 16.2. The van der Waals surface area contributed by atoms with Gasteiger partial charge in [-0.25, -0.2) is 4.79 Å². The van der Waals surface area contributed by atoms with Crippen LogP contribution in [-0.4, -0.2) is 54.4 Å². The summed E-state index contributed by atoms with van der Waals surface area (Å²) in [5.74, 6) is -0.0104. The van der Waals surface area contributed by atoms with Gasteiger partial charge in [0.15, 0.2) is 0 Å². The van der Waals surface area contributed by atoms with Gasteiger partial charge in [0, 0.05) is 13.1 Å². The van der Waals surface area contributed by atoms with Crippen LogP contribution in [0.1, 0.15) is 29.6 Å². The van der Waals surface area contributed by atoms with Crippen LogP contribution in [0.25, 0.3) is 0 Å². The molecular formula is C22H25N3O4. The third-order valence-corrected chi connectivity index (χ3v) is 5.45. The van der Waals surface area contributed by atoms with Crippen molar-refractivity contribution in [2.45, 2.75) is 25.4 Å². The van der Waals surface area contributed by atoms with Crippen molar-refractivity contribution in [1.29, 1.82) is 0 Å². The van der Waals surface area contributed by atoms with Gasteiger partial charge in [-0.05, 0) is 56.6 Å². The Kier molecular flexibility index (Phi) is 5.67. The highest BCUT2D eigenvalue weighted by Gasteiger charge is 2.27. The lowest BCUT2D eigenvalue weighted by Crippen LogP contribution is -2.42. The van der Waals surface area contributed by atoms with Crippen molar-refractivity contribution in [3.63, 3.8) is 0 Å². The van der Waals surface area contributed by atoms with Gasteiger partial charge in [-0.15, -0.1) is 0 Å². The largest absolute Gasteiger partial charge is 0.506 e. The van der Waals surface area contributed by atoms with Crippen molar-refractivity contribution in [2.24, 2.45) is 0 Å². The zero-order chi connectivity index (χ0) is 20.2. The van der Waals surface area contributed by atoms with Crippen molar-refractivity contribution in [1.82, 2.24) is 4.90 Å². The summed E-state index contributed by atoms with van der Waals surface area (Å²) in [6.45, 7) is 2.92. The number of piperidine rings is 1. The summed E-state index contributed by atoms with van der Waals surface area (Å²) in [5, 5.41) is 12.2. The van der Waals surface area contributed by atoms with Gasteiger partial charge >= 0.3 is 6.16 Å². The molecule has 7 nitrogen and oxygen atoms in total. The molecule has 0 spiro atoms. The summed E-state index contributed by atoms with van der Waals surface area (Å²) in [4.78, 5) is 28.1. The second-order valence-electron chi connectivity index (χ2n) is 7.45. The number of carbonyl (C=O) groups excluding carboxylic acids is 1. The van der Waals surface area contributed by atoms with E-state index in [1.54, 1.807) is 0 Å². The predicted molar refractivity (Wildman–Crippen MR) is 111 cm³/mol. The molecule has 1 saturated heterocycles. The SMILES string of the molecule is O=C(O)O[C@@H]1CCCN(CCCN2C(=O)c3ccccc3Nc3ccccc32)C1. The Morgan fingerprint density at radius 1 is 1.10 bits per heavy atom. The van der Waals surface area contributed by atoms with Crippen LogP contribution in [0.3, 0.4) is 0 Å². The molecule has 0 aromatic heterocycles. The van der Waals surface area contributed by atoms with Crippen LogP contribution in [-0.2, 0) is 4.74 Å². The normalized spacial score (nSPS) is 19.0. The molecule has 1 atom stereocenters. The Morgan fingerprint density at radius 2 is 1.86 bits per heavy atom. The average Bonchev–Trinajstić information content (AvgIpc) is 2.83. The van der Waals surface area contributed by atoms with E-state index in [0.717, 1.165) is 49.4 Å². The zero-order valence-electron chi connectivity index (χ0n) is 16.2. The van der Waals surface area contributed by atoms with Gasteiger partial charge in [-0.1, -0.05) is 24.3 Å². The first-order valence-corrected chi connectivity index (χ1v) is 10.0. The van der Waals surface area contributed by atoms with E-state index in [2.05, 4.69) is 10.2 Å². The second kappa shape index (κ2) is 8.53. The molecule has 2 N–H and O–H groups in total. The molecule has 2 aromatic carbocycles. The van der Waals surface area contributed by atoms with E-state index in [1.165, 1.54) is 0 Å². The summed E-state index contributed by atoms with van der Waals surface area (Å²) in [5.41, 5.74) is 3.27. The minimum Gasteiger partial charge on any atom is -0.450 e. The van der Waals surface area contributed by atoms with E-state index in [0.29, 0.717) is 18.7 Å². The fourth-order valence-corrected chi connectivity index (χ4v) is 4.12. The molecule has 2 aliphatic heterocycles. The summed E-state index contributed by atoms with van der Waals surface area (Å²) in [6, 6.07) is 15.4. The molecule has 4 rings (SSSR count). The third-order valence-electron chi connectivity index (χ3n) is 5.45. The topological polar surface area (TPSA) is 82.1 Å². The van der Waals surface area contributed by atoms with E-state index >= 15 is 0 Å².